The Morgan fingerprint density at radius 2 is 1.05 bits per heavy atom. The van der Waals surface area contributed by atoms with Crippen LogP contribution in [0.2, 0.25) is 10.0 Å². The molecule has 0 aliphatic carbocycles. The Kier molecular flexibility index (Phi) is 11.7. The molecule has 4 rings (SSSR count). The van der Waals surface area contributed by atoms with Crippen LogP contribution in [0.1, 0.15) is 61.5 Å². The first kappa shape index (κ1) is 30.8. The molecule has 6 nitrogen and oxygen atoms in total. The minimum Gasteiger partial charge on any atom is -0.356 e. The average Bonchev–Trinajstić information content (AvgIpc) is 2.95. The van der Waals surface area contributed by atoms with Gasteiger partial charge in [-0.3, -0.25) is 9.59 Å². The molecule has 2 aliphatic heterocycles. The minimum atomic E-state index is -0.0503. The number of nitrogens with zero attached hydrogens (tertiary/aromatic N) is 2. The molecule has 0 bridgehead atoms. The topological polar surface area (TPSA) is 64.7 Å². The fraction of sp³-hybridized carbons (Fsp3) is 0.562. The molecule has 2 N–H and O–H groups in total. The molecule has 2 fully saturated rings. The number of piperidine rings is 2. The van der Waals surface area contributed by atoms with Crippen LogP contribution in [0.25, 0.3) is 0 Å². The first-order valence-electron chi connectivity index (χ1n) is 14.7. The van der Waals surface area contributed by atoms with E-state index in [0.29, 0.717) is 13.1 Å². The van der Waals surface area contributed by atoms with E-state index >= 15 is 0 Å². The number of likely N-dealkylation sites (tertiary alicyclic amines) is 2. The van der Waals surface area contributed by atoms with Gasteiger partial charge in [0.1, 0.15) is 0 Å². The van der Waals surface area contributed by atoms with Gasteiger partial charge in [0.05, 0.1) is 11.8 Å². The Labute approximate surface area is 249 Å². The van der Waals surface area contributed by atoms with Crippen LogP contribution < -0.4 is 10.6 Å². The standard InChI is InChI=1S/C32H44Cl2N4O2/c1-37-19-15-27(23-7-11-25(33)12-8-23)29(21-37)31(39)35-17-5-3-4-6-18-36-32(40)30-22-38(2)20-16-28(30)24-9-13-26(34)14-10-24/h7-14,27-30H,3-6,15-22H2,1-2H3,(H,35,39)(H,36,40)/t27-,28-,29+,30+/m0/s1. The van der Waals surface area contributed by atoms with Crippen LogP contribution in [-0.2, 0) is 9.59 Å². The van der Waals surface area contributed by atoms with E-state index < -0.39 is 0 Å². The summed E-state index contributed by atoms with van der Waals surface area (Å²) < 4.78 is 0. The van der Waals surface area contributed by atoms with E-state index in [2.05, 4.69) is 58.8 Å². The quantitative estimate of drug-likeness (QED) is 0.338. The van der Waals surface area contributed by atoms with Crippen LogP contribution in [0.3, 0.4) is 0 Å². The second-order valence-corrected chi connectivity index (χ2v) is 12.5. The van der Waals surface area contributed by atoms with Crippen molar-refractivity contribution in [3.8, 4) is 0 Å². The molecule has 40 heavy (non-hydrogen) atoms. The van der Waals surface area contributed by atoms with Crippen LogP contribution in [-0.4, -0.2) is 75.0 Å². The van der Waals surface area contributed by atoms with Crippen molar-refractivity contribution in [3.05, 3.63) is 69.7 Å². The van der Waals surface area contributed by atoms with Crippen molar-refractivity contribution in [2.24, 2.45) is 11.8 Å². The van der Waals surface area contributed by atoms with E-state index in [0.717, 1.165) is 74.7 Å². The third-order valence-electron chi connectivity index (χ3n) is 8.60. The Balaban J connectivity index is 1.14. The molecule has 2 heterocycles. The lowest BCUT2D eigenvalue weighted by atomic mass is 9.80. The van der Waals surface area contributed by atoms with Gasteiger partial charge in [-0.2, -0.15) is 0 Å². The van der Waals surface area contributed by atoms with E-state index in [9.17, 15) is 9.59 Å². The number of carbonyl (C=O) groups excluding carboxylic acids is 2. The lowest BCUT2D eigenvalue weighted by Crippen LogP contribution is -2.45. The molecule has 2 saturated heterocycles. The summed E-state index contributed by atoms with van der Waals surface area (Å²) in [6.07, 6.45) is 5.89. The molecule has 0 saturated carbocycles. The van der Waals surface area contributed by atoms with Gasteiger partial charge in [-0.25, -0.2) is 0 Å². The van der Waals surface area contributed by atoms with E-state index in [1.54, 1.807) is 0 Å². The average molecular weight is 588 g/mol. The summed E-state index contributed by atoms with van der Waals surface area (Å²) in [6, 6.07) is 15.9. The first-order chi connectivity index (χ1) is 19.3. The van der Waals surface area contributed by atoms with E-state index in [1.165, 1.54) is 11.1 Å². The maximum Gasteiger partial charge on any atom is 0.225 e. The highest BCUT2D eigenvalue weighted by Crippen LogP contribution is 2.34. The summed E-state index contributed by atoms with van der Waals surface area (Å²) in [4.78, 5) is 30.7. The van der Waals surface area contributed by atoms with Gasteiger partial charge >= 0.3 is 0 Å². The van der Waals surface area contributed by atoms with Crippen LogP contribution in [0, 0.1) is 11.8 Å². The number of unbranched alkanes of at least 4 members (excludes halogenated alkanes) is 3. The van der Waals surface area contributed by atoms with E-state index in [-0.39, 0.29) is 35.5 Å². The second kappa shape index (κ2) is 15.2. The number of rotatable bonds is 11. The fourth-order valence-electron chi connectivity index (χ4n) is 6.27. The summed E-state index contributed by atoms with van der Waals surface area (Å²) in [5.41, 5.74) is 2.39. The van der Waals surface area contributed by atoms with Crippen molar-refractivity contribution < 1.29 is 9.59 Å². The van der Waals surface area contributed by atoms with Crippen molar-refractivity contribution in [3.63, 3.8) is 0 Å². The summed E-state index contributed by atoms with van der Waals surface area (Å²) >= 11 is 12.2. The van der Waals surface area contributed by atoms with Gasteiger partial charge in [-0.05, 0) is 100 Å². The largest absolute Gasteiger partial charge is 0.356 e. The van der Waals surface area contributed by atoms with Crippen molar-refractivity contribution in [2.45, 2.75) is 50.4 Å². The monoisotopic (exact) mass is 586 g/mol. The van der Waals surface area contributed by atoms with Crippen molar-refractivity contribution >= 4 is 35.0 Å². The highest BCUT2D eigenvalue weighted by atomic mass is 35.5. The maximum atomic E-state index is 13.1. The van der Waals surface area contributed by atoms with Crippen LogP contribution in [0.5, 0.6) is 0 Å². The predicted octanol–water partition coefficient (Wildman–Crippen LogP) is 5.56. The number of benzene rings is 2. The maximum absolute atomic E-state index is 13.1. The van der Waals surface area contributed by atoms with E-state index in [4.69, 9.17) is 23.2 Å². The third kappa shape index (κ3) is 8.69. The molecular weight excluding hydrogens is 543 g/mol. The molecule has 2 aliphatic rings. The number of amides is 2. The van der Waals surface area contributed by atoms with Gasteiger partial charge in [0, 0.05) is 36.2 Å². The van der Waals surface area contributed by atoms with Crippen molar-refractivity contribution in [1.29, 1.82) is 0 Å². The van der Waals surface area contributed by atoms with Gasteiger partial charge in [0.2, 0.25) is 11.8 Å². The zero-order valence-electron chi connectivity index (χ0n) is 23.9. The highest BCUT2D eigenvalue weighted by molar-refractivity contribution is 6.30. The zero-order valence-corrected chi connectivity index (χ0v) is 25.4. The molecule has 0 aromatic heterocycles. The zero-order chi connectivity index (χ0) is 28.5. The molecule has 4 atom stereocenters. The Morgan fingerprint density at radius 3 is 1.43 bits per heavy atom. The van der Waals surface area contributed by atoms with Crippen LogP contribution >= 0.6 is 23.2 Å². The number of carbonyl (C=O) groups is 2. The molecule has 2 aromatic carbocycles. The minimum absolute atomic E-state index is 0.0503. The van der Waals surface area contributed by atoms with Gasteiger partial charge in [0.25, 0.3) is 0 Å². The summed E-state index contributed by atoms with van der Waals surface area (Å²) in [5, 5.41) is 7.83. The Hall–Kier alpha value is -2.12. The number of halogens is 2. The molecule has 0 spiro atoms. The number of nitrogens with one attached hydrogen (secondary N) is 2. The first-order valence-corrected chi connectivity index (χ1v) is 15.5. The predicted molar refractivity (Wildman–Crippen MR) is 164 cm³/mol. The lowest BCUT2D eigenvalue weighted by Gasteiger charge is -2.36. The van der Waals surface area contributed by atoms with Gasteiger partial charge in [-0.1, -0.05) is 60.3 Å². The molecule has 8 heteroatoms. The summed E-state index contributed by atoms with van der Waals surface area (Å²) in [5.74, 6) is 0.634. The lowest BCUT2D eigenvalue weighted by molar-refractivity contribution is -0.128. The summed E-state index contributed by atoms with van der Waals surface area (Å²) in [6.45, 7) is 4.91. The number of hydrogen-bond donors (Lipinski definition) is 2. The highest BCUT2D eigenvalue weighted by Gasteiger charge is 2.35. The molecule has 2 amide bonds. The van der Waals surface area contributed by atoms with Gasteiger partial charge in [-0.15, -0.1) is 0 Å². The molecule has 2 aromatic rings. The second-order valence-electron chi connectivity index (χ2n) is 11.6. The molecule has 0 radical (unpaired) electrons. The van der Waals surface area contributed by atoms with Gasteiger partial charge in [0.15, 0.2) is 0 Å². The Bertz CT molecular complexity index is 1010. The SMILES string of the molecule is CN1CC[C@@H](c2ccc(Cl)cc2)[C@H](C(=O)NCCCCCCNC(=O)[C@@H]2CN(C)CC[C@H]2c2ccc(Cl)cc2)C1. The summed E-state index contributed by atoms with van der Waals surface area (Å²) in [7, 11) is 4.17. The van der Waals surface area contributed by atoms with Crippen molar-refractivity contribution in [1.82, 2.24) is 20.4 Å². The fourth-order valence-corrected chi connectivity index (χ4v) is 6.52. The van der Waals surface area contributed by atoms with E-state index in [1.807, 2.05) is 24.3 Å². The molecular formula is C32H44Cl2N4O2. The van der Waals surface area contributed by atoms with Crippen LogP contribution in [0.4, 0.5) is 0 Å². The van der Waals surface area contributed by atoms with Crippen molar-refractivity contribution in [2.75, 3.05) is 53.4 Å². The normalized spacial score (nSPS) is 24.0. The van der Waals surface area contributed by atoms with Gasteiger partial charge < -0.3 is 20.4 Å². The van der Waals surface area contributed by atoms with Crippen LogP contribution in [0.15, 0.2) is 48.5 Å². The molecule has 218 valence electrons. The molecule has 0 unspecified atom stereocenters. The number of hydrogen-bond acceptors (Lipinski definition) is 4. The Morgan fingerprint density at radius 1 is 0.675 bits per heavy atom. The smallest absolute Gasteiger partial charge is 0.225 e. The third-order valence-corrected chi connectivity index (χ3v) is 9.11.